The van der Waals surface area contributed by atoms with Crippen molar-refractivity contribution in [1.82, 2.24) is 0 Å². The predicted molar refractivity (Wildman–Crippen MR) is 112 cm³/mol. The van der Waals surface area contributed by atoms with E-state index in [1.807, 2.05) is 37.3 Å². The van der Waals surface area contributed by atoms with Crippen molar-refractivity contribution in [3.8, 4) is 0 Å². The van der Waals surface area contributed by atoms with E-state index in [9.17, 15) is 9.90 Å². The van der Waals surface area contributed by atoms with E-state index >= 15 is 0 Å². The van der Waals surface area contributed by atoms with Gasteiger partial charge in [0.05, 0.1) is 5.60 Å². The number of hydrogen-bond donors (Lipinski definition) is 2. The Morgan fingerprint density at radius 2 is 1.75 bits per heavy atom. The van der Waals surface area contributed by atoms with Crippen LogP contribution in [0.3, 0.4) is 0 Å². The van der Waals surface area contributed by atoms with Gasteiger partial charge in [0, 0.05) is 11.6 Å². The van der Waals surface area contributed by atoms with Gasteiger partial charge in [-0.05, 0) is 105 Å². The molecule has 0 aromatic heterocycles. The Morgan fingerprint density at radius 3 is 2.54 bits per heavy atom. The summed E-state index contributed by atoms with van der Waals surface area (Å²) in [7, 11) is 0. The number of carbonyl (C=O) groups excluding carboxylic acids is 1. The number of anilines is 1. The van der Waals surface area contributed by atoms with Crippen LogP contribution < -0.4 is 5.32 Å². The molecule has 0 spiro atoms. The van der Waals surface area contributed by atoms with E-state index in [2.05, 4.69) is 12.2 Å². The van der Waals surface area contributed by atoms with Crippen LogP contribution in [0, 0.1) is 40.9 Å². The third-order valence-corrected chi connectivity index (χ3v) is 9.32. The standard InChI is InChI=1S/C25H35NO2/c1-24(28)12-10-18-16(15-24)8-9-20-19(18)11-13-25(2)21(20)14-22(25)23(27)26-17-6-4-3-5-7-17/h3-7,16,18-22,28H,8-15H2,1-2H3,(H,26,27)/t16-,18+,19-,20-,21+,22-,24-,25+/m1/s1. The van der Waals surface area contributed by atoms with Gasteiger partial charge in [-0.15, -0.1) is 0 Å². The molecular weight excluding hydrogens is 346 g/mol. The van der Waals surface area contributed by atoms with Gasteiger partial charge in [-0.3, -0.25) is 4.79 Å². The van der Waals surface area contributed by atoms with Crippen LogP contribution in [-0.2, 0) is 4.79 Å². The van der Waals surface area contributed by atoms with E-state index in [1.165, 1.54) is 32.1 Å². The lowest BCUT2D eigenvalue weighted by molar-refractivity contribution is -0.175. The minimum absolute atomic E-state index is 0.170. The van der Waals surface area contributed by atoms with Gasteiger partial charge >= 0.3 is 0 Å². The molecule has 4 saturated carbocycles. The normalized spacial score (nSPS) is 47.1. The molecule has 0 aliphatic heterocycles. The molecule has 8 atom stereocenters. The predicted octanol–water partition coefficient (Wildman–Crippen LogP) is 5.25. The fraction of sp³-hybridized carbons (Fsp3) is 0.720. The highest BCUT2D eigenvalue weighted by Crippen LogP contribution is 2.67. The first kappa shape index (κ1) is 18.7. The molecule has 1 aromatic rings. The summed E-state index contributed by atoms with van der Waals surface area (Å²) >= 11 is 0. The highest BCUT2D eigenvalue weighted by atomic mass is 16.3. The third kappa shape index (κ3) is 2.93. The molecule has 0 bridgehead atoms. The molecule has 0 saturated heterocycles. The Morgan fingerprint density at radius 1 is 1.00 bits per heavy atom. The summed E-state index contributed by atoms with van der Waals surface area (Å²) in [6, 6.07) is 9.90. The zero-order valence-electron chi connectivity index (χ0n) is 17.4. The van der Waals surface area contributed by atoms with Crippen LogP contribution in [0.4, 0.5) is 5.69 Å². The smallest absolute Gasteiger partial charge is 0.228 e. The van der Waals surface area contributed by atoms with Gasteiger partial charge in [-0.2, -0.15) is 0 Å². The summed E-state index contributed by atoms with van der Waals surface area (Å²) in [5.41, 5.74) is 0.671. The summed E-state index contributed by atoms with van der Waals surface area (Å²) in [6.07, 6.45) is 9.35. The molecule has 4 aliphatic rings. The lowest BCUT2D eigenvalue weighted by Gasteiger charge is -2.64. The molecule has 4 aliphatic carbocycles. The molecule has 0 heterocycles. The Balaban J connectivity index is 1.27. The van der Waals surface area contributed by atoms with E-state index in [-0.39, 0.29) is 17.2 Å². The van der Waals surface area contributed by atoms with Crippen molar-refractivity contribution in [2.24, 2.45) is 40.9 Å². The number of para-hydroxylation sites is 1. The van der Waals surface area contributed by atoms with Gasteiger partial charge in [-0.25, -0.2) is 0 Å². The first-order valence-corrected chi connectivity index (χ1v) is 11.5. The first-order chi connectivity index (χ1) is 13.4. The van der Waals surface area contributed by atoms with Crippen LogP contribution >= 0.6 is 0 Å². The van der Waals surface area contributed by atoms with Crippen LogP contribution in [0.1, 0.15) is 65.2 Å². The molecule has 1 amide bonds. The maximum absolute atomic E-state index is 13.0. The van der Waals surface area contributed by atoms with Crippen molar-refractivity contribution in [1.29, 1.82) is 0 Å². The molecular formula is C25H35NO2. The zero-order chi connectivity index (χ0) is 19.5. The van der Waals surface area contributed by atoms with E-state index in [1.54, 1.807) is 0 Å². The van der Waals surface area contributed by atoms with E-state index in [0.717, 1.165) is 54.5 Å². The second-order valence-corrected chi connectivity index (χ2v) is 10.9. The first-order valence-electron chi connectivity index (χ1n) is 11.5. The molecule has 3 heteroatoms. The van der Waals surface area contributed by atoms with Crippen LogP contribution in [0.2, 0.25) is 0 Å². The minimum atomic E-state index is -0.436. The third-order valence-electron chi connectivity index (χ3n) is 9.32. The van der Waals surface area contributed by atoms with Crippen LogP contribution in [0.5, 0.6) is 0 Å². The van der Waals surface area contributed by atoms with Crippen molar-refractivity contribution in [2.45, 2.75) is 70.8 Å². The fourth-order valence-corrected chi connectivity index (χ4v) is 7.83. The summed E-state index contributed by atoms with van der Waals surface area (Å²) in [5, 5.41) is 13.7. The lowest BCUT2D eigenvalue weighted by atomic mass is 9.40. The molecule has 4 fully saturated rings. The minimum Gasteiger partial charge on any atom is -0.390 e. The van der Waals surface area contributed by atoms with Gasteiger partial charge in [0.2, 0.25) is 5.91 Å². The number of amides is 1. The molecule has 28 heavy (non-hydrogen) atoms. The van der Waals surface area contributed by atoms with E-state index in [4.69, 9.17) is 0 Å². The maximum Gasteiger partial charge on any atom is 0.228 e. The zero-order valence-corrected chi connectivity index (χ0v) is 17.4. The van der Waals surface area contributed by atoms with Crippen molar-refractivity contribution >= 4 is 11.6 Å². The molecule has 1 aromatic carbocycles. The molecule has 0 radical (unpaired) electrons. The fourth-order valence-electron chi connectivity index (χ4n) is 7.83. The number of carbonyl (C=O) groups is 1. The summed E-state index contributed by atoms with van der Waals surface area (Å²) in [5.74, 6) is 4.32. The van der Waals surface area contributed by atoms with E-state index in [0.29, 0.717) is 0 Å². The highest BCUT2D eigenvalue weighted by molar-refractivity contribution is 5.93. The number of nitrogens with one attached hydrogen (secondary N) is 1. The largest absolute Gasteiger partial charge is 0.390 e. The van der Waals surface area contributed by atoms with Gasteiger partial charge in [0.1, 0.15) is 0 Å². The van der Waals surface area contributed by atoms with Crippen LogP contribution in [0.15, 0.2) is 30.3 Å². The summed E-state index contributed by atoms with van der Waals surface area (Å²) < 4.78 is 0. The van der Waals surface area contributed by atoms with Gasteiger partial charge in [0.25, 0.3) is 0 Å². The quantitative estimate of drug-likeness (QED) is 0.734. The number of fused-ring (bicyclic) bond motifs is 5. The summed E-state index contributed by atoms with van der Waals surface area (Å²) in [4.78, 5) is 13.0. The average molecular weight is 382 g/mol. The highest BCUT2D eigenvalue weighted by Gasteiger charge is 2.62. The maximum atomic E-state index is 13.0. The summed E-state index contributed by atoms with van der Waals surface area (Å²) in [6.45, 7) is 4.43. The van der Waals surface area contributed by atoms with Crippen LogP contribution in [-0.4, -0.2) is 16.6 Å². The molecule has 152 valence electrons. The van der Waals surface area contributed by atoms with E-state index < -0.39 is 5.60 Å². The SMILES string of the molecule is C[C@@]1(O)CC[C@H]2[C@H](CC[C@@H]3[C@@H]2CC[C@]2(C)[C@@H](C(=O)Nc4ccccc4)C[C@@H]32)C1. The average Bonchev–Trinajstić information content (AvgIpc) is 2.65. The second kappa shape index (κ2) is 6.58. The molecule has 3 nitrogen and oxygen atoms in total. The number of hydrogen-bond acceptors (Lipinski definition) is 2. The number of aliphatic hydroxyl groups is 1. The van der Waals surface area contributed by atoms with Crippen molar-refractivity contribution < 1.29 is 9.90 Å². The Labute approximate surface area is 169 Å². The molecule has 2 N–H and O–H groups in total. The Hall–Kier alpha value is -1.35. The van der Waals surface area contributed by atoms with Gasteiger partial charge in [-0.1, -0.05) is 25.1 Å². The van der Waals surface area contributed by atoms with Crippen molar-refractivity contribution in [3.63, 3.8) is 0 Å². The van der Waals surface area contributed by atoms with Crippen molar-refractivity contribution in [2.75, 3.05) is 5.32 Å². The topological polar surface area (TPSA) is 49.3 Å². The molecule has 5 rings (SSSR count). The second-order valence-electron chi connectivity index (χ2n) is 10.9. The van der Waals surface area contributed by atoms with Gasteiger partial charge in [0.15, 0.2) is 0 Å². The van der Waals surface area contributed by atoms with Crippen LogP contribution in [0.25, 0.3) is 0 Å². The Bertz CT molecular complexity index is 744. The monoisotopic (exact) mass is 381 g/mol. The number of rotatable bonds is 2. The Kier molecular flexibility index (Phi) is 4.39. The molecule has 0 unspecified atom stereocenters. The van der Waals surface area contributed by atoms with Gasteiger partial charge < -0.3 is 10.4 Å². The number of benzene rings is 1. The van der Waals surface area contributed by atoms with Crippen molar-refractivity contribution in [3.05, 3.63) is 30.3 Å². The lowest BCUT2D eigenvalue weighted by Crippen LogP contribution is -2.60.